The Balaban J connectivity index is 1.88. The number of nitrogens with one attached hydrogen (secondary N) is 2. The van der Waals surface area contributed by atoms with E-state index in [4.69, 9.17) is 4.74 Å². The molecule has 18 heavy (non-hydrogen) atoms. The van der Waals surface area contributed by atoms with Crippen molar-refractivity contribution in [1.82, 2.24) is 10.6 Å². The fourth-order valence-electron chi connectivity index (χ4n) is 1.83. The van der Waals surface area contributed by atoms with Gasteiger partial charge in [-0.2, -0.15) is 0 Å². The normalized spacial score (nSPS) is 14.3. The van der Waals surface area contributed by atoms with Gasteiger partial charge in [0.1, 0.15) is 5.75 Å². The Morgan fingerprint density at radius 1 is 1.39 bits per heavy atom. The van der Waals surface area contributed by atoms with Gasteiger partial charge in [-0.1, -0.05) is 11.6 Å². The monoisotopic (exact) mass is 248 g/mol. The minimum absolute atomic E-state index is 0.0758. The van der Waals surface area contributed by atoms with Gasteiger partial charge in [0.25, 0.3) is 5.91 Å². The van der Waals surface area contributed by atoms with E-state index in [-0.39, 0.29) is 5.91 Å². The molecule has 98 valence electrons. The van der Waals surface area contributed by atoms with Crippen LogP contribution in [0.3, 0.4) is 0 Å². The predicted octanol–water partition coefficient (Wildman–Crippen LogP) is 1.49. The predicted molar refractivity (Wildman–Crippen MR) is 71.1 cm³/mol. The average Bonchev–Trinajstić information content (AvgIpc) is 3.18. The zero-order valence-corrected chi connectivity index (χ0v) is 11.0. The molecule has 0 aliphatic heterocycles. The molecule has 1 fully saturated rings. The van der Waals surface area contributed by atoms with E-state index >= 15 is 0 Å². The molecule has 1 aliphatic carbocycles. The van der Waals surface area contributed by atoms with Gasteiger partial charge in [0.2, 0.25) is 0 Å². The van der Waals surface area contributed by atoms with Crippen LogP contribution in [0.2, 0.25) is 0 Å². The lowest BCUT2D eigenvalue weighted by molar-refractivity contribution is 0.0950. The van der Waals surface area contributed by atoms with Gasteiger partial charge in [-0.15, -0.1) is 0 Å². The Labute approximate surface area is 108 Å². The molecule has 0 saturated heterocycles. The molecule has 0 atom stereocenters. The quantitative estimate of drug-likeness (QED) is 0.750. The summed E-state index contributed by atoms with van der Waals surface area (Å²) in [6.07, 6.45) is 2.53. The summed E-state index contributed by atoms with van der Waals surface area (Å²) in [7, 11) is 1.58. The molecule has 0 aromatic heterocycles. The van der Waals surface area contributed by atoms with Crippen molar-refractivity contribution in [2.75, 3.05) is 20.2 Å². The van der Waals surface area contributed by atoms with Crippen molar-refractivity contribution >= 4 is 5.91 Å². The largest absolute Gasteiger partial charge is 0.496 e. The Morgan fingerprint density at radius 3 is 2.83 bits per heavy atom. The van der Waals surface area contributed by atoms with Crippen molar-refractivity contribution < 1.29 is 9.53 Å². The molecule has 0 bridgehead atoms. The van der Waals surface area contributed by atoms with Gasteiger partial charge in [-0.3, -0.25) is 4.79 Å². The lowest BCUT2D eigenvalue weighted by atomic mass is 10.1. The third-order valence-corrected chi connectivity index (χ3v) is 3.02. The number of rotatable bonds is 6. The number of amides is 1. The van der Waals surface area contributed by atoms with Crippen LogP contribution in [-0.2, 0) is 0 Å². The molecule has 0 spiro atoms. The van der Waals surface area contributed by atoms with E-state index in [1.54, 1.807) is 7.11 Å². The highest BCUT2D eigenvalue weighted by atomic mass is 16.5. The molecule has 4 heteroatoms. The lowest BCUT2D eigenvalue weighted by Crippen LogP contribution is -2.32. The summed E-state index contributed by atoms with van der Waals surface area (Å²) in [6, 6.07) is 6.29. The maximum Gasteiger partial charge on any atom is 0.255 e. The first-order valence-corrected chi connectivity index (χ1v) is 6.37. The highest BCUT2D eigenvalue weighted by Gasteiger charge is 2.19. The standard InChI is InChI=1S/C14H20N2O2/c1-10-3-6-13(18-2)12(9-10)14(17)16-8-7-15-11-4-5-11/h3,6,9,11,15H,4-5,7-8H2,1-2H3,(H,16,17). The maximum atomic E-state index is 12.0. The molecule has 0 radical (unpaired) electrons. The number of hydrogen-bond donors (Lipinski definition) is 2. The van der Waals surface area contributed by atoms with Gasteiger partial charge in [0.05, 0.1) is 12.7 Å². The van der Waals surface area contributed by atoms with Crippen molar-refractivity contribution in [2.45, 2.75) is 25.8 Å². The zero-order valence-electron chi connectivity index (χ0n) is 11.0. The van der Waals surface area contributed by atoms with E-state index < -0.39 is 0 Å². The highest BCUT2D eigenvalue weighted by Crippen LogP contribution is 2.19. The first-order chi connectivity index (χ1) is 8.70. The van der Waals surface area contributed by atoms with Crippen LogP contribution in [0.5, 0.6) is 5.75 Å². The van der Waals surface area contributed by atoms with Gasteiger partial charge in [-0.05, 0) is 31.9 Å². The topological polar surface area (TPSA) is 50.4 Å². The number of benzene rings is 1. The van der Waals surface area contributed by atoms with E-state index in [1.807, 2.05) is 25.1 Å². The van der Waals surface area contributed by atoms with Crippen LogP contribution >= 0.6 is 0 Å². The van der Waals surface area contributed by atoms with E-state index in [0.717, 1.165) is 12.1 Å². The second-order valence-corrected chi connectivity index (χ2v) is 4.69. The van der Waals surface area contributed by atoms with Crippen molar-refractivity contribution in [3.8, 4) is 5.75 Å². The van der Waals surface area contributed by atoms with E-state index in [9.17, 15) is 4.79 Å². The second-order valence-electron chi connectivity index (χ2n) is 4.69. The number of ether oxygens (including phenoxy) is 1. The van der Waals surface area contributed by atoms with E-state index in [1.165, 1.54) is 12.8 Å². The fraction of sp³-hybridized carbons (Fsp3) is 0.500. The molecule has 2 rings (SSSR count). The third-order valence-electron chi connectivity index (χ3n) is 3.02. The van der Waals surface area contributed by atoms with Gasteiger partial charge < -0.3 is 15.4 Å². The van der Waals surface area contributed by atoms with Crippen LogP contribution in [0.4, 0.5) is 0 Å². The van der Waals surface area contributed by atoms with Crippen LogP contribution in [-0.4, -0.2) is 32.1 Å². The number of carbonyl (C=O) groups is 1. The Hall–Kier alpha value is -1.55. The van der Waals surface area contributed by atoms with Crippen molar-refractivity contribution in [2.24, 2.45) is 0 Å². The summed E-state index contributed by atoms with van der Waals surface area (Å²) in [5.74, 6) is 0.543. The molecule has 1 aromatic carbocycles. The van der Waals surface area contributed by atoms with Gasteiger partial charge >= 0.3 is 0 Å². The van der Waals surface area contributed by atoms with Gasteiger partial charge in [-0.25, -0.2) is 0 Å². The second kappa shape index (κ2) is 5.87. The Kier molecular flexibility index (Phi) is 4.20. The number of aryl methyl sites for hydroxylation is 1. The molecular weight excluding hydrogens is 228 g/mol. The Bertz CT molecular complexity index is 428. The van der Waals surface area contributed by atoms with Crippen molar-refractivity contribution in [3.05, 3.63) is 29.3 Å². The number of methoxy groups -OCH3 is 1. The van der Waals surface area contributed by atoms with Crippen LogP contribution < -0.4 is 15.4 Å². The van der Waals surface area contributed by atoms with Crippen LogP contribution in [0.1, 0.15) is 28.8 Å². The summed E-state index contributed by atoms with van der Waals surface area (Å²) in [5, 5.41) is 6.26. The molecule has 0 heterocycles. The first-order valence-electron chi connectivity index (χ1n) is 6.37. The molecule has 1 amide bonds. The maximum absolute atomic E-state index is 12.0. The number of hydrogen-bond acceptors (Lipinski definition) is 3. The minimum atomic E-state index is -0.0758. The summed E-state index contributed by atoms with van der Waals surface area (Å²) >= 11 is 0. The SMILES string of the molecule is COc1ccc(C)cc1C(=O)NCCNC1CC1. The highest BCUT2D eigenvalue weighted by molar-refractivity contribution is 5.97. The zero-order chi connectivity index (χ0) is 13.0. The van der Waals surface area contributed by atoms with Crippen LogP contribution in [0, 0.1) is 6.92 Å². The van der Waals surface area contributed by atoms with E-state index in [0.29, 0.717) is 23.9 Å². The van der Waals surface area contributed by atoms with Crippen LogP contribution in [0.15, 0.2) is 18.2 Å². The van der Waals surface area contributed by atoms with Crippen molar-refractivity contribution in [3.63, 3.8) is 0 Å². The van der Waals surface area contributed by atoms with Crippen LogP contribution in [0.25, 0.3) is 0 Å². The molecule has 1 aromatic rings. The van der Waals surface area contributed by atoms with Gasteiger partial charge in [0, 0.05) is 19.1 Å². The lowest BCUT2D eigenvalue weighted by Gasteiger charge is -2.10. The number of carbonyl (C=O) groups excluding carboxylic acids is 1. The van der Waals surface area contributed by atoms with Crippen molar-refractivity contribution in [1.29, 1.82) is 0 Å². The van der Waals surface area contributed by atoms with E-state index in [2.05, 4.69) is 10.6 Å². The molecule has 2 N–H and O–H groups in total. The molecule has 0 unspecified atom stereocenters. The molecule has 4 nitrogen and oxygen atoms in total. The fourth-order valence-corrected chi connectivity index (χ4v) is 1.83. The molecule has 1 aliphatic rings. The molecule has 1 saturated carbocycles. The first kappa shape index (κ1) is 12.9. The summed E-state index contributed by atoms with van der Waals surface area (Å²) in [6.45, 7) is 3.43. The summed E-state index contributed by atoms with van der Waals surface area (Å²) in [4.78, 5) is 12.0. The smallest absolute Gasteiger partial charge is 0.255 e. The third kappa shape index (κ3) is 3.47. The summed E-state index contributed by atoms with van der Waals surface area (Å²) in [5.41, 5.74) is 1.65. The minimum Gasteiger partial charge on any atom is -0.496 e. The summed E-state index contributed by atoms with van der Waals surface area (Å²) < 4.78 is 5.20. The average molecular weight is 248 g/mol. The van der Waals surface area contributed by atoms with Gasteiger partial charge in [0.15, 0.2) is 0 Å². The Morgan fingerprint density at radius 2 is 2.17 bits per heavy atom. The molecular formula is C14H20N2O2.